The number of pyridine rings is 1. The molecule has 7 nitrogen and oxygen atoms in total. The number of aromatic nitrogens is 3. The Balaban J connectivity index is 1.66. The van der Waals surface area contributed by atoms with Crippen LogP contribution >= 0.6 is 22.6 Å². The van der Waals surface area contributed by atoms with Gasteiger partial charge in [0.2, 0.25) is 0 Å². The van der Waals surface area contributed by atoms with Gasteiger partial charge in [-0.25, -0.2) is 14.5 Å². The van der Waals surface area contributed by atoms with Crippen LogP contribution in [0.1, 0.15) is 28.5 Å². The summed E-state index contributed by atoms with van der Waals surface area (Å²) in [6.45, 7) is 3.45. The van der Waals surface area contributed by atoms with Gasteiger partial charge >= 0.3 is 5.97 Å². The van der Waals surface area contributed by atoms with Crippen molar-refractivity contribution in [3.63, 3.8) is 0 Å². The summed E-state index contributed by atoms with van der Waals surface area (Å²) in [6.07, 6.45) is 3.66. The number of hydrogen-bond acceptors (Lipinski definition) is 5. The molecular weight excluding hydrogens is 471 g/mol. The van der Waals surface area contributed by atoms with Gasteiger partial charge in [0.15, 0.2) is 12.4 Å². The zero-order chi connectivity index (χ0) is 20.1. The highest BCUT2D eigenvalue weighted by atomic mass is 127. The predicted molar refractivity (Wildman–Crippen MR) is 114 cm³/mol. The van der Waals surface area contributed by atoms with Crippen molar-refractivity contribution in [2.24, 2.45) is 0 Å². The molecule has 1 amide bonds. The average Bonchev–Trinajstić information content (AvgIpc) is 3.13. The fourth-order valence-corrected chi connectivity index (χ4v) is 3.37. The standard InChI is InChI=1S/C20H19IN4O3/c1-3-17-15(11-23-25(17)18-6-4-5-9-22-18)20(27)28-12-19(26)24-16-8-7-14(21)10-13(16)2/h4-11H,3,12H2,1-2H3,(H,24,26). The summed E-state index contributed by atoms with van der Waals surface area (Å²) in [7, 11) is 0. The lowest BCUT2D eigenvalue weighted by molar-refractivity contribution is -0.119. The van der Waals surface area contributed by atoms with Gasteiger partial charge in [0.25, 0.3) is 5.91 Å². The first kappa shape index (κ1) is 20.0. The van der Waals surface area contributed by atoms with E-state index in [-0.39, 0.29) is 6.61 Å². The topological polar surface area (TPSA) is 86.1 Å². The molecule has 0 radical (unpaired) electrons. The van der Waals surface area contributed by atoms with Gasteiger partial charge in [-0.3, -0.25) is 4.79 Å². The number of rotatable bonds is 6. The summed E-state index contributed by atoms with van der Waals surface area (Å²) in [4.78, 5) is 28.9. The normalized spacial score (nSPS) is 10.5. The first-order valence-electron chi connectivity index (χ1n) is 8.71. The molecule has 0 unspecified atom stereocenters. The zero-order valence-electron chi connectivity index (χ0n) is 15.5. The minimum Gasteiger partial charge on any atom is -0.452 e. The van der Waals surface area contributed by atoms with E-state index in [9.17, 15) is 9.59 Å². The summed E-state index contributed by atoms with van der Waals surface area (Å²) in [6, 6.07) is 11.1. The van der Waals surface area contributed by atoms with Crippen molar-refractivity contribution in [1.82, 2.24) is 14.8 Å². The van der Waals surface area contributed by atoms with Crippen LogP contribution < -0.4 is 5.32 Å². The van der Waals surface area contributed by atoms with Gasteiger partial charge in [0.1, 0.15) is 5.56 Å². The Morgan fingerprint density at radius 2 is 2.07 bits per heavy atom. The Hall–Kier alpha value is -2.75. The van der Waals surface area contributed by atoms with Crippen LogP contribution in [0, 0.1) is 10.5 Å². The largest absolute Gasteiger partial charge is 0.452 e. The Morgan fingerprint density at radius 1 is 1.25 bits per heavy atom. The lowest BCUT2D eigenvalue weighted by atomic mass is 10.2. The first-order valence-corrected chi connectivity index (χ1v) is 9.79. The number of ether oxygens (including phenoxy) is 1. The third-order valence-electron chi connectivity index (χ3n) is 4.09. The van der Waals surface area contributed by atoms with Crippen LogP contribution in [-0.4, -0.2) is 33.2 Å². The minimum atomic E-state index is -0.589. The molecule has 0 spiro atoms. The number of nitrogens with one attached hydrogen (secondary N) is 1. The van der Waals surface area contributed by atoms with E-state index in [2.05, 4.69) is 38.0 Å². The van der Waals surface area contributed by atoms with E-state index in [1.807, 2.05) is 44.2 Å². The molecule has 0 aliphatic carbocycles. The highest BCUT2D eigenvalue weighted by Crippen LogP contribution is 2.18. The molecule has 0 aliphatic rings. The second-order valence-corrected chi connectivity index (χ2v) is 7.29. The summed E-state index contributed by atoms with van der Waals surface area (Å²) < 4.78 is 7.87. The van der Waals surface area contributed by atoms with Crippen LogP contribution in [0.3, 0.4) is 0 Å². The first-order chi connectivity index (χ1) is 13.5. The third-order valence-corrected chi connectivity index (χ3v) is 4.76. The molecule has 28 heavy (non-hydrogen) atoms. The number of hydrogen-bond donors (Lipinski definition) is 1. The molecule has 0 aliphatic heterocycles. The van der Waals surface area contributed by atoms with E-state index in [1.165, 1.54) is 6.20 Å². The molecule has 1 aromatic carbocycles. The molecule has 2 aromatic heterocycles. The number of carbonyl (C=O) groups is 2. The summed E-state index contributed by atoms with van der Waals surface area (Å²) in [5.41, 5.74) is 2.64. The molecule has 1 N–H and O–H groups in total. The number of amides is 1. The molecule has 0 fully saturated rings. The summed E-state index contributed by atoms with van der Waals surface area (Å²) in [5.74, 6) is -0.369. The number of benzene rings is 1. The average molecular weight is 490 g/mol. The number of halogens is 1. The van der Waals surface area contributed by atoms with Crippen LogP contribution in [0.4, 0.5) is 5.69 Å². The zero-order valence-corrected chi connectivity index (χ0v) is 17.6. The highest BCUT2D eigenvalue weighted by molar-refractivity contribution is 14.1. The maximum absolute atomic E-state index is 12.5. The van der Waals surface area contributed by atoms with Gasteiger partial charge in [-0.2, -0.15) is 5.10 Å². The van der Waals surface area contributed by atoms with Gasteiger partial charge in [-0.15, -0.1) is 0 Å². The second kappa shape index (κ2) is 8.96. The third kappa shape index (κ3) is 4.56. The molecule has 3 aromatic rings. The number of anilines is 1. The minimum absolute atomic E-state index is 0.325. The van der Waals surface area contributed by atoms with E-state index < -0.39 is 11.9 Å². The molecular formula is C20H19IN4O3. The molecule has 0 saturated carbocycles. The maximum Gasteiger partial charge on any atom is 0.342 e. The van der Waals surface area contributed by atoms with Gasteiger partial charge in [0.05, 0.1) is 11.9 Å². The number of nitrogens with zero attached hydrogens (tertiary/aromatic N) is 3. The lowest BCUT2D eigenvalue weighted by Crippen LogP contribution is -2.21. The van der Waals surface area contributed by atoms with E-state index in [1.54, 1.807) is 16.9 Å². The highest BCUT2D eigenvalue weighted by Gasteiger charge is 2.20. The van der Waals surface area contributed by atoms with Crippen molar-refractivity contribution in [3.05, 3.63) is 69.2 Å². The second-order valence-electron chi connectivity index (χ2n) is 6.04. The van der Waals surface area contributed by atoms with Crippen LogP contribution in [0.25, 0.3) is 5.82 Å². The number of aryl methyl sites for hydroxylation is 1. The van der Waals surface area contributed by atoms with E-state index in [0.29, 0.717) is 29.2 Å². The van der Waals surface area contributed by atoms with Gasteiger partial charge in [0, 0.05) is 15.5 Å². The molecule has 0 atom stereocenters. The molecule has 144 valence electrons. The SMILES string of the molecule is CCc1c(C(=O)OCC(=O)Nc2ccc(I)cc2C)cnn1-c1ccccn1. The monoisotopic (exact) mass is 490 g/mol. The summed E-state index contributed by atoms with van der Waals surface area (Å²) >= 11 is 2.21. The van der Waals surface area contributed by atoms with Crippen molar-refractivity contribution in [3.8, 4) is 5.82 Å². The number of carbonyl (C=O) groups excluding carboxylic acids is 2. The van der Waals surface area contributed by atoms with Gasteiger partial charge in [-0.05, 0) is 71.8 Å². The van der Waals surface area contributed by atoms with Gasteiger partial charge < -0.3 is 10.1 Å². The molecule has 2 heterocycles. The Labute approximate surface area is 176 Å². The molecule has 3 rings (SSSR count). The quantitative estimate of drug-likeness (QED) is 0.422. The maximum atomic E-state index is 12.5. The molecule has 8 heteroatoms. The van der Waals surface area contributed by atoms with Crippen LogP contribution in [0.2, 0.25) is 0 Å². The Kier molecular flexibility index (Phi) is 6.40. The van der Waals surface area contributed by atoms with Crippen molar-refractivity contribution in [2.75, 3.05) is 11.9 Å². The van der Waals surface area contributed by atoms with Crippen molar-refractivity contribution >= 4 is 40.2 Å². The van der Waals surface area contributed by atoms with E-state index in [4.69, 9.17) is 4.74 Å². The van der Waals surface area contributed by atoms with Gasteiger partial charge in [-0.1, -0.05) is 13.0 Å². The van der Waals surface area contributed by atoms with Crippen LogP contribution in [-0.2, 0) is 16.0 Å². The van der Waals surface area contributed by atoms with Crippen molar-refractivity contribution in [1.29, 1.82) is 0 Å². The van der Waals surface area contributed by atoms with Crippen molar-refractivity contribution in [2.45, 2.75) is 20.3 Å². The van der Waals surface area contributed by atoms with Crippen molar-refractivity contribution < 1.29 is 14.3 Å². The summed E-state index contributed by atoms with van der Waals surface area (Å²) in [5, 5.41) is 7.00. The smallest absolute Gasteiger partial charge is 0.342 e. The van der Waals surface area contributed by atoms with Crippen LogP contribution in [0.5, 0.6) is 0 Å². The molecule has 0 bridgehead atoms. The number of esters is 1. The van der Waals surface area contributed by atoms with E-state index in [0.717, 1.165) is 9.13 Å². The fraction of sp³-hybridized carbons (Fsp3) is 0.200. The van der Waals surface area contributed by atoms with Crippen LogP contribution in [0.15, 0.2) is 48.8 Å². The lowest BCUT2D eigenvalue weighted by Gasteiger charge is -2.10. The molecule has 0 saturated heterocycles. The fourth-order valence-electron chi connectivity index (χ4n) is 2.72. The van der Waals surface area contributed by atoms with E-state index >= 15 is 0 Å². The Bertz CT molecular complexity index is 1000. The predicted octanol–water partition coefficient (Wildman–Crippen LogP) is 3.54. The Morgan fingerprint density at radius 3 is 2.75 bits per heavy atom.